The highest BCUT2D eigenvalue weighted by Crippen LogP contribution is 2.23. The molecule has 1 aromatic carbocycles. The van der Waals surface area contributed by atoms with Crippen molar-refractivity contribution in [3.8, 4) is 11.1 Å². The number of hydrogen-bond donors (Lipinski definition) is 0. The first-order valence-corrected chi connectivity index (χ1v) is 7.56. The minimum Gasteiger partial charge on any atom is -0.339 e. The molecule has 3 heteroatoms. The second-order valence-corrected chi connectivity index (χ2v) is 5.63. The topological polar surface area (TPSA) is 33.2 Å². The van der Waals surface area contributed by atoms with E-state index < -0.39 is 0 Å². The van der Waals surface area contributed by atoms with Gasteiger partial charge in [-0.3, -0.25) is 9.78 Å². The molecule has 2 aromatic rings. The molecule has 1 fully saturated rings. The molecule has 0 radical (unpaired) electrons. The predicted molar refractivity (Wildman–Crippen MR) is 84.2 cm³/mol. The van der Waals surface area contributed by atoms with Crippen molar-refractivity contribution in [2.24, 2.45) is 0 Å². The number of likely N-dealkylation sites (tertiary alicyclic amines) is 1. The van der Waals surface area contributed by atoms with Crippen molar-refractivity contribution in [2.75, 3.05) is 13.1 Å². The van der Waals surface area contributed by atoms with Crippen molar-refractivity contribution in [3.63, 3.8) is 0 Å². The Balaban J connectivity index is 1.89. The lowest BCUT2D eigenvalue weighted by Gasteiger charge is -2.26. The molecule has 3 nitrogen and oxygen atoms in total. The van der Waals surface area contributed by atoms with Crippen LogP contribution in [0, 0.1) is 6.92 Å². The third-order valence-corrected chi connectivity index (χ3v) is 4.08. The smallest absolute Gasteiger partial charge is 0.255 e. The van der Waals surface area contributed by atoms with Gasteiger partial charge in [0.15, 0.2) is 0 Å². The molecule has 0 spiro atoms. The van der Waals surface area contributed by atoms with E-state index in [1.165, 1.54) is 12.0 Å². The average Bonchev–Trinajstić information content (AvgIpc) is 2.55. The number of carbonyl (C=O) groups is 1. The molecule has 1 saturated heterocycles. The molecule has 3 rings (SSSR count). The number of nitrogens with zero attached hydrogens (tertiary/aromatic N) is 2. The number of aryl methyl sites for hydroxylation is 1. The molecule has 1 amide bonds. The van der Waals surface area contributed by atoms with Gasteiger partial charge >= 0.3 is 0 Å². The lowest BCUT2D eigenvalue weighted by molar-refractivity contribution is 0.0724. The van der Waals surface area contributed by atoms with Crippen molar-refractivity contribution in [2.45, 2.75) is 26.2 Å². The second kappa shape index (κ2) is 6.08. The zero-order valence-corrected chi connectivity index (χ0v) is 12.4. The quantitative estimate of drug-likeness (QED) is 0.840. The van der Waals surface area contributed by atoms with Gasteiger partial charge in [-0.25, -0.2) is 0 Å². The van der Waals surface area contributed by atoms with E-state index in [4.69, 9.17) is 0 Å². The Hall–Kier alpha value is -2.16. The van der Waals surface area contributed by atoms with E-state index >= 15 is 0 Å². The Labute approximate surface area is 125 Å². The van der Waals surface area contributed by atoms with Crippen molar-refractivity contribution in [3.05, 3.63) is 53.9 Å². The zero-order chi connectivity index (χ0) is 14.7. The van der Waals surface area contributed by atoms with Gasteiger partial charge in [0.25, 0.3) is 5.91 Å². The first kappa shape index (κ1) is 13.8. The molecule has 2 heterocycles. The Morgan fingerprint density at radius 1 is 1.10 bits per heavy atom. The molecular weight excluding hydrogens is 260 g/mol. The number of pyridine rings is 1. The molecule has 0 aliphatic carbocycles. The number of benzene rings is 1. The zero-order valence-electron chi connectivity index (χ0n) is 12.4. The van der Waals surface area contributed by atoms with E-state index in [9.17, 15) is 4.79 Å². The minimum absolute atomic E-state index is 0.109. The summed E-state index contributed by atoms with van der Waals surface area (Å²) in [6, 6.07) is 10.2. The van der Waals surface area contributed by atoms with Crippen LogP contribution in [0.2, 0.25) is 0 Å². The van der Waals surface area contributed by atoms with Gasteiger partial charge in [0.05, 0.1) is 5.56 Å². The SMILES string of the molecule is Cc1ccccc1-c1cncc(C(=O)N2CCCCC2)c1. The van der Waals surface area contributed by atoms with Crippen molar-refractivity contribution in [1.82, 2.24) is 9.88 Å². The van der Waals surface area contributed by atoms with Crippen LogP contribution in [0.4, 0.5) is 0 Å². The fraction of sp³-hybridized carbons (Fsp3) is 0.333. The maximum atomic E-state index is 12.6. The lowest BCUT2D eigenvalue weighted by atomic mass is 10.0. The number of hydrogen-bond acceptors (Lipinski definition) is 2. The summed E-state index contributed by atoms with van der Waals surface area (Å²) in [4.78, 5) is 18.8. The second-order valence-electron chi connectivity index (χ2n) is 5.63. The highest BCUT2D eigenvalue weighted by Gasteiger charge is 2.18. The highest BCUT2D eigenvalue weighted by atomic mass is 16.2. The molecule has 0 saturated carbocycles. The summed E-state index contributed by atoms with van der Waals surface area (Å²) in [7, 11) is 0. The van der Waals surface area contributed by atoms with Crippen LogP contribution in [-0.2, 0) is 0 Å². The van der Waals surface area contributed by atoms with Crippen LogP contribution < -0.4 is 0 Å². The molecule has 0 N–H and O–H groups in total. The van der Waals surface area contributed by atoms with Crippen molar-refractivity contribution < 1.29 is 4.79 Å². The van der Waals surface area contributed by atoms with Gasteiger partial charge in [0.1, 0.15) is 0 Å². The minimum atomic E-state index is 0.109. The summed E-state index contributed by atoms with van der Waals surface area (Å²) < 4.78 is 0. The van der Waals surface area contributed by atoms with Gasteiger partial charge < -0.3 is 4.90 Å². The van der Waals surface area contributed by atoms with Crippen molar-refractivity contribution in [1.29, 1.82) is 0 Å². The summed E-state index contributed by atoms with van der Waals surface area (Å²) in [5, 5.41) is 0. The van der Waals surface area contributed by atoms with Crippen LogP contribution in [0.15, 0.2) is 42.7 Å². The molecule has 21 heavy (non-hydrogen) atoms. The van der Waals surface area contributed by atoms with Gasteiger partial charge in [0.2, 0.25) is 0 Å². The Kier molecular flexibility index (Phi) is 4.00. The molecular formula is C18H20N2O. The van der Waals surface area contributed by atoms with Crippen LogP contribution in [-0.4, -0.2) is 28.9 Å². The van der Waals surface area contributed by atoms with Gasteiger partial charge in [0, 0.05) is 31.0 Å². The molecule has 0 unspecified atom stereocenters. The fourth-order valence-corrected chi connectivity index (χ4v) is 2.88. The summed E-state index contributed by atoms with van der Waals surface area (Å²) in [6.07, 6.45) is 6.95. The third kappa shape index (κ3) is 2.97. The normalized spacial score (nSPS) is 15.0. The number of piperidine rings is 1. The molecule has 0 bridgehead atoms. The molecule has 0 atom stereocenters. The maximum absolute atomic E-state index is 12.6. The van der Waals surface area contributed by atoms with Crippen LogP contribution in [0.1, 0.15) is 35.2 Å². The van der Waals surface area contributed by atoms with Gasteiger partial charge in [-0.1, -0.05) is 24.3 Å². The summed E-state index contributed by atoms with van der Waals surface area (Å²) in [5.74, 6) is 0.109. The molecule has 1 aliphatic heterocycles. The Morgan fingerprint density at radius 2 is 1.86 bits per heavy atom. The third-order valence-electron chi connectivity index (χ3n) is 4.08. The summed E-state index contributed by atoms with van der Waals surface area (Å²) in [5.41, 5.74) is 4.04. The summed E-state index contributed by atoms with van der Waals surface area (Å²) >= 11 is 0. The van der Waals surface area contributed by atoms with Crippen LogP contribution >= 0.6 is 0 Å². The number of aromatic nitrogens is 1. The first-order valence-electron chi connectivity index (χ1n) is 7.56. The lowest BCUT2D eigenvalue weighted by Crippen LogP contribution is -2.35. The van der Waals surface area contributed by atoms with Crippen molar-refractivity contribution >= 4 is 5.91 Å². The Morgan fingerprint density at radius 3 is 2.62 bits per heavy atom. The van der Waals surface area contributed by atoms with Crippen LogP contribution in [0.3, 0.4) is 0 Å². The van der Waals surface area contributed by atoms with E-state index in [0.717, 1.165) is 37.1 Å². The van der Waals surface area contributed by atoms with Gasteiger partial charge in [-0.2, -0.15) is 0 Å². The van der Waals surface area contributed by atoms with E-state index in [-0.39, 0.29) is 5.91 Å². The van der Waals surface area contributed by atoms with Crippen LogP contribution in [0.5, 0.6) is 0 Å². The maximum Gasteiger partial charge on any atom is 0.255 e. The Bertz CT molecular complexity index is 645. The average molecular weight is 280 g/mol. The van der Waals surface area contributed by atoms with E-state index in [0.29, 0.717) is 5.56 Å². The largest absolute Gasteiger partial charge is 0.339 e. The highest BCUT2D eigenvalue weighted by molar-refractivity contribution is 5.95. The molecule has 108 valence electrons. The standard InChI is InChI=1S/C18H20N2O/c1-14-7-3-4-8-17(14)15-11-16(13-19-12-15)18(21)20-9-5-2-6-10-20/h3-4,7-8,11-13H,2,5-6,9-10H2,1H3. The van der Waals surface area contributed by atoms with E-state index in [2.05, 4.69) is 24.0 Å². The monoisotopic (exact) mass is 280 g/mol. The molecule has 1 aromatic heterocycles. The first-order chi connectivity index (χ1) is 10.3. The number of carbonyl (C=O) groups excluding carboxylic acids is 1. The predicted octanol–water partition coefficient (Wildman–Crippen LogP) is 3.68. The van der Waals surface area contributed by atoms with Gasteiger partial charge in [-0.15, -0.1) is 0 Å². The number of amides is 1. The fourth-order valence-electron chi connectivity index (χ4n) is 2.88. The van der Waals surface area contributed by atoms with Gasteiger partial charge in [-0.05, 0) is 43.4 Å². The molecule has 1 aliphatic rings. The van der Waals surface area contributed by atoms with E-state index in [1.807, 2.05) is 29.3 Å². The number of rotatable bonds is 2. The van der Waals surface area contributed by atoms with Crippen LogP contribution in [0.25, 0.3) is 11.1 Å². The van der Waals surface area contributed by atoms with E-state index in [1.54, 1.807) is 6.20 Å². The summed E-state index contributed by atoms with van der Waals surface area (Å²) in [6.45, 7) is 3.81.